The number of hydrogen-bond acceptors (Lipinski definition) is 5. The van der Waals surface area contributed by atoms with Gasteiger partial charge in [-0.2, -0.15) is 18.2 Å². The highest BCUT2D eigenvalue weighted by Crippen LogP contribution is 2.34. The Morgan fingerprint density at radius 2 is 2.17 bits per heavy atom. The molecule has 1 atom stereocenters. The Hall–Kier alpha value is -1.94. The number of alkyl halides is 3. The van der Waals surface area contributed by atoms with Gasteiger partial charge in [0.2, 0.25) is 17.0 Å². The molecule has 1 heterocycles. The molecule has 0 unspecified atom stereocenters. The molecule has 1 aromatic carbocycles. The van der Waals surface area contributed by atoms with Crippen molar-refractivity contribution in [3.05, 3.63) is 28.8 Å². The highest BCUT2D eigenvalue weighted by Gasteiger charge is 2.31. The number of carbonyl (C=O) groups is 1. The van der Waals surface area contributed by atoms with E-state index in [4.69, 9.17) is 17.3 Å². The summed E-state index contributed by atoms with van der Waals surface area (Å²) in [6.45, 7) is 1.55. The summed E-state index contributed by atoms with van der Waals surface area (Å²) in [4.78, 5) is 15.9. The molecule has 0 fully saturated rings. The Kier molecular flexibility index (Phi) is 5.05. The van der Waals surface area contributed by atoms with Gasteiger partial charge < -0.3 is 11.1 Å². The summed E-state index contributed by atoms with van der Waals surface area (Å²) in [5, 5.41) is 8.12. The van der Waals surface area contributed by atoms with Crippen molar-refractivity contribution in [2.45, 2.75) is 23.5 Å². The molecule has 0 aliphatic rings. The summed E-state index contributed by atoms with van der Waals surface area (Å²) in [7, 11) is 0. The maximum atomic E-state index is 12.7. The smallest absolute Gasteiger partial charge is 0.368 e. The number of benzene rings is 1. The predicted octanol–water partition coefficient (Wildman–Crippen LogP) is 3.18. The van der Waals surface area contributed by atoms with E-state index in [2.05, 4.69) is 20.5 Å². The topological polar surface area (TPSA) is 96.7 Å². The van der Waals surface area contributed by atoms with E-state index in [0.29, 0.717) is 0 Å². The number of aromatic nitrogens is 3. The molecule has 1 amide bonds. The van der Waals surface area contributed by atoms with Crippen LogP contribution >= 0.6 is 23.4 Å². The predicted molar refractivity (Wildman–Crippen MR) is 81.2 cm³/mol. The van der Waals surface area contributed by atoms with Crippen molar-refractivity contribution in [1.82, 2.24) is 15.2 Å². The summed E-state index contributed by atoms with van der Waals surface area (Å²) < 4.78 is 38.1. The van der Waals surface area contributed by atoms with Crippen LogP contribution in [0.15, 0.2) is 23.4 Å². The van der Waals surface area contributed by atoms with Crippen molar-refractivity contribution in [2.24, 2.45) is 0 Å². The highest BCUT2D eigenvalue weighted by molar-refractivity contribution is 8.00. The van der Waals surface area contributed by atoms with Crippen molar-refractivity contribution >= 4 is 40.9 Å². The van der Waals surface area contributed by atoms with Gasteiger partial charge in [0.15, 0.2) is 0 Å². The minimum Gasteiger partial charge on any atom is -0.368 e. The van der Waals surface area contributed by atoms with E-state index in [1.165, 1.54) is 0 Å². The molecule has 0 saturated heterocycles. The minimum absolute atomic E-state index is 0.00527. The summed E-state index contributed by atoms with van der Waals surface area (Å²) in [6, 6.07) is 2.70. The monoisotopic (exact) mass is 365 g/mol. The lowest BCUT2D eigenvalue weighted by atomic mass is 10.2. The summed E-state index contributed by atoms with van der Waals surface area (Å²) >= 11 is 6.82. The molecule has 0 bridgehead atoms. The van der Waals surface area contributed by atoms with E-state index in [9.17, 15) is 18.0 Å². The zero-order chi connectivity index (χ0) is 17.2. The molecule has 0 radical (unpaired) electrons. The first-order valence-electron chi connectivity index (χ1n) is 6.19. The fourth-order valence-electron chi connectivity index (χ4n) is 1.55. The van der Waals surface area contributed by atoms with Crippen LogP contribution in [-0.2, 0) is 11.0 Å². The molecule has 1 aromatic heterocycles. The van der Waals surface area contributed by atoms with Crippen LogP contribution in [0.1, 0.15) is 12.5 Å². The van der Waals surface area contributed by atoms with Gasteiger partial charge in [-0.1, -0.05) is 23.4 Å². The Morgan fingerprint density at radius 1 is 1.48 bits per heavy atom. The van der Waals surface area contributed by atoms with Crippen molar-refractivity contribution in [3.63, 3.8) is 0 Å². The number of nitrogen functional groups attached to an aromatic ring is 1. The van der Waals surface area contributed by atoms with Crippen LogP contribution in [0.25, 0.3) is 0 Å². The Morgan fingerprint density at radius 3 is 2.74 bits per heavy atom. The first-order chi connectivity index (χ1) is 10.7. The zero-order valence-corrected chi connectivity index (χ0v) is 13.2. The van der Waals surface area contributed by atoms with Gasteiger partial charge in [-0.3, -0.25) is 4.79 Å². The fraction of sp³-hybridized carbons (Fsp3) is 0.250. The number of aromatic amines is 1. The standard InChI is InChI=1S/C12H11ClF3N5OS/c1-5(23-11-19-10(17)20-21-11)9(22)18-8-4-6(12(14,15)16)2-3-7(8)13/h2-5H,1H3,(H,18,22)(H3,17,19,20,21)/t5-/m0/s1. The number of nitrogens with zero attached hydrogens (tertiary/aromatic N) is 2. The van der Waals surface area contributed by atoms with Crippen LogP contribution in [0.4, 0.5) is 24.8 Å². The van der Waals surface area contributed by atoms with Gasteiger partial charge in [0.05, 0.1) is 21.5 Å². The number of halogens is 4. The lowest BCUT2D eigenvalue weighted by Gasteiger charge is -2.13. The molecule has 11 heteroatoms. The van der Waals surface area contributed by atoms with Crippen LogP contribution in [0, 0.1) is 0 Å². The van der Waals surface area contributed by atoms with E-state index < -0.39 is 22.9 Å². The first-order valence-corrected chi connectivity index (χ1v) is 7.44. The first kappa shape index (κ1) is 17.4. The number of carbonyl (C=O) groups excluding carboxylic acids is 1. The third-order valence-electron chi connectivity index (χ3n) is 2.69. The van der Waals surface area contributed by atoms with Gasteiger partial charge >= 0.3 is 6.18 Å². The van der Waals surface area contributed by atoms with E-state index in [1.807, 2.05) is 0 Å². The Labute approximate surface area is 138 Å². The molecule has 124 valence electrons. The van der Waals surface area contributed by atoms with E-state index >= 15 is 0 Å². The minimum atomic E-state index is -4.53. The molecule has 0 aliphatic carbocycles. The molecular weight excluding hydrogens is 355 g/mol. The van der Waals surface area contributed by atoms with E-state index in [-0.39, 0.29) is 21.8 Å². The molecule has 23 heavy (non-hydrogen) atoms. The van der Waals surface area contributed by atoms with Crippen LogP contribution in [0.5, 0.6) is 0 Å². The third kappa shape index (κ3) is 4.52. The Bertz CT molecular complexity index is 721. The molecule has 2 aromatic rings. The van der Waals surface area contributed by atoms with Crippen molar-refractivity contribution in [2.75, 3.05) is 11.1 Å². The van der Waals surface area contributed by atoms with Gasteiger partial charge in [-0.25, -0.2) is 5.10 Å². The molecule has 0 spiro atoms. The largest absolute Gasteiger partial charge is 0.416 e. The van der Waals surface area contributed by atoms with Gasteiger partial charge in [0.1, 0.15) is 0 Å². The van der Waals surface area contributed by atoms with Gasteiger partial charge in [0.25, 0.3) is 0 Å². The molecule has 0 aliphatic heterocycles. The number of rotatable bonds is 4. The van der Waals surface area contributed by atoms with Crippen LogP contribution < -0.4 is 11.1 Å². The molecular formula is C12H11ClF3N5OS. The SMILES string of the molecule is C[C@H](Sc1n[nH]c(N)n1)C(=O)Nc1cc(C(F)(F)F)ccc1Cl. The molecule has 0 saturated carbocycles. The van der Waals surface area contributed by atoms with Gasteiger partial charge in [-0.15, -0.1) is 5.10 Å². The number of thioether (sulfide) groups is 1. The molecule has 2 rings (SSSR count). The molecule has 6 nitrogen and oxygen atoms in total. The summed E-state index contributed by atoms with van der Waals surface area (Å²) in [5.74, 6) is -0.444. The lowest BCUT2D eigenvalue weighted by molar-refractivity contribution is -0.137. The Balaban J connectivity index is 2.10. The normalized spacial score (nSPS) is 12.9. The van der Waals surface area contributed by atoms with Gasteiger partial charge in [0, 0.05) is 0 Å². The number of amides is 1. The van der Waals surface area contributed by atoms with Crippen molar-refractivity contribution in [1.29, 1.82) is 0 Å². The fourth-order valence-corrected chi connectivity index (χ4v) is 2.45. The lowest BCUT2D eigenvalue weighted by Crippen LogP contribution is -2.23. The maximum Gasteiger partial charge on any atom is 0.416 e. The molecule has 4 N–H and O–H groups in total. The van der Waals surface area contributed by atoms with E-state index in [0.717, 1.165) is 30.0 Å². The maximum absolute atomic E-state index is 12.7. The van der Waals surface area contributed by atoms with Crippen LogP contribution in [-0.4, -0.2) is 26.3 Å². The van der Waals surface area contributed by atoms with E-state index in [1.54, 1.807) is 6.92 Å². The second kappa shape index (κ2) is 6.67. The second-order valence-corrected chi connectivity index (χ2v) is 6.16. The highest BCUT2D eigenvalue weighted by atomic mass is 35.5. The van der Waals surface area contributed by atoms with Gasteiger partial charge in [-0.05, 0) is 25.1 Å². The number of H-pyrrole nitrogens is 1. The van der Waals surface area contributed by atoms with Crippen LogP contribution in [0.3, 0.4) is 0 Å². The third-order valence-corrected chi connectivity index (χ3v) is 3.98. The quantitative estimate of drug-likeness (QED) is 0.723. The second-order valence-electron chi connectivity index (χ2n) is 4.44. The average Bonchev–Trinajstić information content (AvgIpc) is 2.85. The number of nitrogens with one attached hydrogen (secondary N) is 2. The zero-order valence-electron chi connectivity index (χ0n) is 11.6. The number of hydrogen-bond donors (Lipinski definition) is 3. The van der Waals surface area contributed by atoms with Crippen molar-refractivity contribution in [3.8, 4) is 0 Å². The number of nitrogens with two attached hydrogens (primary N) is 1. The summed E-state index contributed by atoms with van der Waals surface area (Å²) in [6.07, 6.45) is -4.53. The average molecular weight is 366 g/mol. The summed E-state index contributed by atoms with van der Waals surface area (Å²) in [5.41, 5.74) is 4.34. The van der Waals surface area contributed by atoms with Crippen LogP contribution in [0.2, 0.25) is 5.02 Å². The van der Waals surface area contributed by atoms with Crippen molar-refractivity contribution < 1.29 is 18.0 Å². The number of anilines is 2.